The lowest BCUT2D eigenvalue weighted by atomic mass is 9.91. The zero-order chi connectivity index (χ0) is 14.2. The molecular formula is C19H20O2. The maximum absolute atomic E-state index is 5.59. The molecule has 4 rings (SSSR count). The molecule has 108 valence electrons. The van der Waals surface area contributed by atoms with Crippen molar-refractivity contribution in [1.82, 2.24) is 0 Å². The summed E-state index contributed by atoms with van der Waals surface area (Å²) < 4.78 is 11.2. The smallest absolute Gasteiger partial charge is 0.157 e. The van der Waals surface area contributed by atoms with Crippen molar-refractivity contribution in [3.05, 3.63) is 59.2 Å². The first-order valence-electron chi connectivity index (χ1n) is 7.76. The lowest BCUT2D eigenvalue weighted by Gasteiger charge is -2.16. The third kappa shape index (κ3) is 2.19. The van der Waals surface area contributed by atoms with Gasteiger partial charge in [0.2, 0.25) is 0 Å². The molecule has 2 nitrogen and oxygen atoms in total. The largest absolute Gasteiger partial charge is 0.350 e. The summed E-state index contributed by atoms with van der Waals surface area (Å²) in [7, 11) is 0. The lowest BCUT2D eigenvalue weighted by Crippen LogP contribution is -2.09. The highest BCUT2D eigenvalue weighted by Gasteiger charge is 2.30. The number of fused-ring (bicyclic) bond motifs is 3. The summed E-state index contributed by atoms with van der Waals surface area (Å²) in [6.07, 6.45) is 2.04. The maximum atomic E-state index is 5.59. The van der Waals surface area contributed by atoms with Gasteiger partial charge in [0.1, 0.15) is 0 Å². The van der Waals surface area contributed by atoms with Crippen LogP contribution in [-0.4, -0.2) is 19.5 Å². The fraction of sp³-hybridized carbons (Fsp3) is 0.368. The number of hydrogen-bond acceptors (Lipinski definition) is 2. The average molecular weight is 280 g/mol. The molecule has 0 bridgehead atoms. The molecule has 2 aromatic carbocycles. The first-order valence-corrected chi connectivity index (χ1v) is 7.76. The molecule has 0 radical (unpaired) electrons. The summed E-state index contributed by atoms with van der Waals surface area (Å²) in [5.41, 5.74) is 7.14. The lowest BCUT2D eigenvalue weighted by molar-refractivity contribution is -0.0482. The highest BCUT2D eigenvalue weighted by Crippen LogP contribution is 2.48. The van der Waals surface area contributed by atoms with E-state index in [0.29, 0.717) is 5.92 Å². The minimum Gasteiger partial charge on any atom is -0.350 e. The van der Waals surface area contributed by atoms with E-state index in [9.17, 15) is 0 Å². The number of ether oxygens (including phenoxy) is 2. The number of rotatable bonds is 3. The van der Waals surface area contributed by atoms with E-state index in [1.807, 2.05) is 0 Å². The van der Waals surface area contributed by atoms with Gasteiger partial charge in [0.15, 0.2) is 6.29 Å². The number of hydrogen-bond donors (Lipinski definition) is 0. The second kappa shape index (κ2) is 5.28. The Morgan fingerprint density at radius 1 is 0.905 bits per heavy atom. The Hall–Kier alpha value is -1.64. The summed E-state index contributed by atoms with van der Waals surface area (Å²) in [6, 6.07) is 15.5. The standard InChI is InChI=1S/C19H20O2/c1-13-5-4-8-17-15(9-10-18-20-11-12-21-18)14-6-2-3-7-16(14)19(13)17/h2-8,15,18H,9-12H2,1H3. The molecule has 1 atom stereocenters. The third-order valence-corrected chi connectivity index (χ3v) is 4.67. The van der Waals surface area contributed by atoms with Gasteiger partial charge in [-0.3, -0.25) is 0 Å². The Kier molecular flexibility index (Phi) is 3.28. The second-order valence-electron chi connectivity index (χ2n) is 5.93. The van der Waals surface area contributed by atoms with Crippen LogP contribution in [0.1, 0.15) is 35.4 Å². The fourth-order valence-corrected chi connectivity index (χ4v) is 3.73. The molecule has 1 fully saturated rings. The molecule has 0 aromatic heterocycles. The van der Waals surface area contributed by atoms with Crippen LogP contribution < -0.4 is 0 Å². The molecule has 0 spiro atoms. The van der Waals surface area contributed by atoms with Crippen molar-refractivity contribution in [3.63, 3.8) is 0 Å². The van der Waals surface area contributed by atoms with Crippen molar-refractivity contribution in [3.8, 4) is 11.1 Å². The van der Waals surface area contributed by atoms with E-state index in [1.165, 1.54) is 27.8 Å². The molecule has 1 heterocycles. The van der Waals surface area contributed by atoms with Crippen LogP contribution in [0.3, 0.4) is 0 Å². The van der Waals surface area contributed by atoms with Crippen molar-refractivity contribution < 1.29 is 9.47 Å². The van der Waals surface area contributed by atoms with E-state index < -0.39 is 0 Å². The summed E-state index contributed by atoms with van der Waals surface area (Å²) in [6.45, 7) is 3.68. The van der Waals surface area contributed by atoms with Crippen molar-refractivity contribution >= 4 is 0 Å². The predicted molar refractivity (Wildman–Crippen MR) is 83.4 cm³/mol. The van der Waals surface area contributed by atoms with E-state index in [-0.39, 0.29) is 6.29 Å². The molecular weight excluding hydrogens is 260 g/mol. The molecule has 1 aliphatic heterocycles. The maximum Gasteiger partial charge on any atom is 0.157 e. The fourth-order valence-electron chi connectivity index (χ4n) is 3.73. The van der Waals surface area contributed by atoms with E-state index in [0.717, 1.165) is 26.1 Å². The van der Waals surface area contributed by atoms with Gasteiger partial charge >= 0.3 is 0 Å². The minimum atomic E-state index is -0.00831. The van der Waals surface area contributed by atoms with Crippen molar-refractivity contribution in [1.29, 1.82) is 0 Å². The molecule has 1 aliphatic carbocycles. The van der Waals surface area contributed by atoms with Gasteiger partial charge in [0.25, 0.3) is 0 Å². The van der Waals surface area contributed by atoms with Crippen LogP contribution in [0, 0.1) is 6.92 Å². The average Bonchev–Trinajstić information content (AvgIpc) is 3.11. The molecule has 0 saturated carbocycles. The Bertz CT molecular complexity index is 656. The van der Waals surface area contributed by atoms with Gasteiger partial charge in [-0.2, -0.15) is 0 Å². The molecule has 2 aromatic rings. The molecule has 1 saturated heterocycles. The Morgan fingerprint density at radius 2 is 1.67 bits per heavy atom. The molecule has 21 heavy (non-hydrogen) atoms. The molecule has 1 unspecified atom stereocenters. The van der Waals surface area contributed by atoms with Crippen molar-refractivity contribution in [2.45, 2.75) is 32.0 Å². The molecule has 2 heteroatoms. The summed E-state index contributed by atoms with van der Waals surface area (Å²) in [5.74, 6) is 0.476. The zero-order valence-corrected chi connectivity index (χ0v) is 12.3. The van der Waals surface area contributed by atoms with E-state index in [2.05, 4.69) is 49.4 Å². The van der Waals surface area contributed by atoms with E-state index in [1.54, 1.807) is 0 Å². The highest BCUT2D eigenvalue weighted by atomic mass is 16.7. The first-order chi connectivity index (χ1) is 10.3. The molecule has 2 aliphatic rings. The van der Waals surface area contributed by atoms with Crippen LogP contribution in [0.5, 0.6) is 0 Å². The highest BCUT2D eigenvalue weighted by molar-refractivity contribution is 5.81. The minimum absolute atomic E-state index is 0.00831. The Morgan fingerprint density at radius 3 is 2.52 bits per heavy atom. The van der Waals surface area contributed by atoms with Crippen LogP contribution in [-0.2, 0) is 9.47 Å². The van der Waals surface area contributed by atoms with Gasteiger partial charge in [-0.05, 0) is 47.6 Å². The van der Waals surface area contributed by atoms with Crippen LogP contribution >= 0.6 is 0 Å². The molecule has 0 amide bonds. The first kappa shape index (κ1) is 13.1. The quantitative estimate of drug-likeness (QED) is 0.836. The van der Waals surface area contributed by atoms with Gasteiger partial charge in [-0.25, -0.2) is 0 Å². The van der Waals surface area contributed by atoms with Crippen molar-refractivity contribution in [2.24, 2.45) is 0 Å². The SMILES string of the molecule is Cc1cccc2c1-c1ccccc1C2CCC1OCCO1. The molecule has 0 N–H and O–H groups in total. The van der Waals surface area contributed by atoms with Gasteiger partial charge in [-0.15, -0.1) is 0 Å². The Balaban J connectivity index is 1.69. The normalized spacial score (nSPS) is 20.5. The van der Waals surface area contributed by atoms with Gasteiger partial charge < -0.3 is 9.47 Å². The number of benzene rings is 2. The zero-order valence-electron chi connectivity index (χ0n) is 12.3. The summed E-state index contributed by atoms with van der Waals surface area (Å²) in [4.78, 5) is 0. The predicted octanol–water partition coefficient (Wildman–Crippen LogP) is 4.26. The van der Waals surface area contributed by atoms with Gasteiger partial charge in [0, 0.05) is 5.92 Å². The second-order valence-corrected chi connectivity index (χ2v) is 5.93. The van der Waals surface area contributed by atoms with Crippen molar-refractivity contribution in [2.75, 3.05) is 13.2 Å². The van der Waals surface area contributed by atoms with Gasteiger partial charge in [-0.1, -0.05) is 42.5 Å². The topological polar surface area (TPSA) is 18.5 Å². The summed E-state index contributed by atoms with van der Waals surface area (Å²) in [5, 5.41) is 0. The van der Waals surface area contributed by atoms with Crippen LogP contribution in [0.25, 0.3) is 11.1 Å². The summed E-state index contributed by atoms with van der Waals surface area (Å²) >= 11 is 0. The van der Waals surface area contributed by atoms with Crippen LogP contribution in [0.2, 0.25) is 0 Å². The van der Waals surface area contributed by atoms with Gasteiger partial charge in [0.05, 0.1) is 13.2 Å². The van der Waals surface area contributed by atoms with E-state index in [4.69, 9.17) is 9.47 Å². The Labute approximate surface area is 125 Å². The van der Waals surface area contributed by atoms with Crippen LogP contribution in [0.15, 0.2) is 42.5 Å². The third-order valence-electron chi connectivity index (χ3n) is 4.67. The van der Waals surface area contributed by atoms with Crippen LogP contribution in [0.4, 0.5) is 0 Å². The number of aryl methyl sites for hydroxylation is 1. The van der Waals surface area contributed by atoms with E-state index >= 15 is 0 Å². The monoisotopic (exact) mass is 280 g/mol.